The lowest BCUT2D eigenvalue weighted by molar-refractivity contribution is -0.146. The van der Waals surface area contributed by atoms with E-state index in [2.05, 4.69) is 0 Å². The minimum atomic E-state index is -0.996. The Kier molecular flexibility index (Phi) is 5.36. The van der Waals surface area contributed by atoms with Crippen LogP contribution in [-0.2, 0) is 16.0 Å². The molecule has 20 heavy (non-hydrogen) atoms. The molecular formula is C15H19ClN2O2. The van der Waals surface area contributed by atoms with E-state index >= 15 is 0 Å². The number of nitrogens with two attached hydrogens (primary N) is 1. The van der Waals surface area contributed by atoms with Gasteiger partial charge in [-0.15, -0.1) is 12.4 Å². The molecule has 108 valence electrons. The maximum absolute atomic E-state index is 11.5. The standard InChI is InChI=1S/C15H18N2O2.ClH/c1-15(16,14(18)19-2)11-12-5-7-13(8-6-12)17-9-3-4-10-17;/h3-10H,11,16H2,1-2H3;1H/t15-;/m1./s1. The van der Waals surface area contributed by atoms with Crippen molar-refractivity contribution in [1.29, 1.82) is 0 Å². The molecule has 0 saturated heterocycles. The summed E-state index contributed by atoms with van der Waals surface area (Å²) in [4.78, 5) is 11.5. The van der Waals surface area contributed by atoms with Crippen molar-refractivity contribution in [2.45, 2.75) is 18.9 Å². The van der Waals surface area contributed by atoms with Gasteiger partial charge in [-0.3, -0.25) is 4.79 Å². The molecule has 5 heteroatoms. The largest absolute Gasteiger partial charge is 0.468 e. The zero-order chi connectivity index (χ0) is 13.9. The van der Waals surface area contributed by atoms with Gasteiger partial charge < -0.3 is 15.0 Å². The van der Waals surface area contributed by atoms with E-state index in [0.29, 0.717) is 6.42 Å². The molecule has 2 rings (SSSR count). The Morgan fingerprint density at radius 3 is 2.30 bits per heavy atom. The Morgan fingerprint density at radius 1 is 1.25 bits per heavy atom. The second-order valence-electron chi connectivity index (χ2n) is 4.84. The molecule has 1 aromatic carbocycles. The molecule has 0 radical (unpaired) electrons. The summed E-state index contributed by atoms with van der Waals surface area (Å²) in [6, 6.07) is 11.9. The summed E-state index contributed by atoms with van der Waals surface area (Å²) in [6.45, 7) is 1.68. The number of carbonyl (C=O) groups is 1. The van der Waals surface area contributed by atoms with Crippen molar-refractivity contribution in [2.75, 3.05) is 7.11 Å². The number of hydrogen-bond donors (Lipinski definition) is 1. The molecule has 4 nitrogen and oxygen atoms in total. The number of nitrogens with zero attached hydrogens (tertiary/aromatic N) is 1. The predicted octanol–water partition coefficient (Wildman–Crippen LogP) is 2.33. The highest BCUT2D eigenvalue weighted by Crippen LogP contribution is 2.15. The third-order valence-electron chi connectivity index (χ3n) is 3.06. The van der Waals surface area contributed by atoms with Crippen molar-refractivity contribution in [1.82, 2.24) is 4.57 Å². The number of ether oxygens (including phenoxy) is 1. The molecule has 0 spiro atoms. The number of esters is 1. The van der Waals surface area contributed by atoms with E-state index in [0.717, 1.165) is 11.3 Å². The molecule has 2 aromatic rings. The van der Waals surface area contributed by atoms with E-state index in [4.69, 9.17) is 10.5 Å². The van der Waals surface area contributed by atoms with E-state index < -0.39 is 11.5 Å². The van der Waals surface area contributed by atoms with E-state index in [-0.39, 0.29) is 12.4 Å². The number of methoxy groups -OCH3 is 1. The van der Waals surface area contributed by atoms with E-state index in [1.165, 1.54) is 7.11 Å². The van der Waals surface area contributed by atoms with Crippen LogP contribution in [0.4, 0.5) is 0 Å². The Balaban J connectivity index is 0.00000200. The molecule has 2 N–H and O–H groups in total. The van der Waals surface area contributed by atoms with Crippen LogP contribution in [0.5, 0.6) is 0 Å². The first kappa shape index (κ1) is 16.3. The highest BCUT2D eigenvalue weighted by molar-refractivity contribution is 5.85. The first-order valence-electron chi connectivity index (χ1n) is 6.12. The monoisotopic (exact) mass is 294 g/mol. The lowest BCUT2D eigenvalue weighted by Gasteiger charge is -2.21. The van der Waals surface area contributed by atoms with Crippen LogP contribution < -0.4 is 5.73 Å². The summed E-state index contributed by atoms with van der Waals surface area (Å²) in [7, 11) is 1.35. The number of aromatic nitrogens is 1. The average molecular weight is 295 g/mol. The fourth-order valence-electron chi connectivity index (χ4n) is 2.02. The second kappa shape index (κ2) is 6.59. The van der Waals surface area contributed by atoms with Crippen LogP contribution >= 0.6 is 12.4 Å². The smallest absolute Gasteiger partial charge is 0.325 e. The van der Waals surface area contributed by atoms with Crippen molar-refractivity contribution >= 4 is 18.4 Å². The van der Waals surface area contributed by atoms with Crippen LogP contribution in [0, 0.1) is 0 Å². The average Bonchev–Trinajstić information content (AvgIpc) is 2.92. The first-order chi connectivity index (χ1) is 9.03. The van der Waals surface area contributed by atoms with Gasteiger partial charge in [0, 0.05) is 24.5 Å². The van der Waals surface area contributed by atoms with Crippen molar-refractivity contribution < 1.29 is 9.53 Å². The summed E-state index contributed by atoms with van der Waals surface area (Å²) >= 11 is 0. The van der Waals surface area contributed by atoms with Crippen molar-refractivity contribution in [2.24, 2.45) is 5.73 Å². The van der Waals surface area contributed by atoms with E-state index in [9.17, 15) is 4.79 Å². The maximum atomic E-state index is 11.5. The van der Waals surface area contributed by atoms with Gasteiger partial charge >= 0.3 is 5.97 Å². The summed E-state index contributed by atoms with van der Waals surface area (Å²) in [6.07, 6.45) is 4.42. The molecule has 0 saturated carbocycles. The fourth-order valence-corrected chi connectivity index (χ4v) is 2.02. The number of benzene rings is 1. The zero-order valence-electron chi connectivity index (χ0n) is 11.6. The molecule has 0 unspecified atom stereocenters. The molecule has 0 bridgehead atoms. The quantitative estimate of drug-likeness (QED) is 0.881. The summed E-state index contributed by atoms with van der Waals surface area (Å²) in [5.74, 6) is -0.401. The van der Waals surface area contributed by atoms with Crippen LogP contribution in [-0.4, -0.2) is 23.2 Å². The third kappa shape index (κ3) is 3.62. The maximum Gasteiger partial charge on any atom is 0.325 e. The lowest BCUT2D eigenvalue weighted by atomic mass is 9.94. The van der Waals surface area contributed by atoms with Gasteiger partial charge in [0.05, 0.1) is 7.11 Å². The SMILES string of the molecule is COC(=O)[C@](C)(N)Cc1ccc(-n2cccc2)cc1.Cl. The van der Waals surface area contributed by atoms with Crippen molar-refractivity contribution in [3.8, 4) is 5.69 Å². The van der Waals surface area contributed by atoms with E-state index in [1.54, 1.807) is 6.92 Å². The van der Waals surface area contributed by atoms with Gasteiger partial charge in [0.15, 0.2) is 0 Å². The molecule has 1 atom stereocenters. The molecule has 0 fully saturated rings. The van der Waals surface area contributed by atoms with Gasteiger partial charge in [-0.1, -0.05) is 12.1 Å². The number of hydrogen-bond acceptors (Lipinski definition) is 3. The minimum absolute atomic E-state index is 0. The normalized spacial score (nSPS) is 13.2. The second-order valence-corrected chi connectivity index (χ2v) is 4.84. The summed E-state index contributed by atoms with van der Waals surface area (Å²) in [5, 5.41) is 0. The molecule has 0 amide bonds. The molecule has 0 aliphatic carbocycles. The summed E-state index contributed by atoms with van der Waals surface area (Å²) < 4.78 is 6.72. The Hall–Kier alpha value is -1.78. The Labute approximate surface area is 125 Å². The number of carbonyl (C=O) groups excluding carboxylic acids is 1. The van der Waals surface area contributed by atoms with Crippen molar-refractivity contribution in [3.05, 3.63) is 54.4 Å². The molecule has 0 aliphatic heterocycles. The molecular weight excluding hydrogens is 276 g/mol. The highest BCUT2D eigenvalue weighted by Gasteiger charge is 2.29. The Bertz CT molecular complexity index is 548. The van der Waals surface area contributed by atoms with Crippen LogP contribution in [0.25, 0.3) is 5.69 Å². The number of rotatable bonds is 4. The third-order valence-corrected chi connectivity index (χ3v) is 3.06. The van der Waals surface area contributed by atoms with Gasteiger partial charge in [0.25, 0.3) is 0 Å². The topological polar surface area (TPSA) is 57.2 Å². The van der Waals surface area contributed by atoms with Crippen LogP contribution in [0.3, 0.4) is 0 Å². The van der Waals surface area contributed by atoms with E-state index in [1.807, 2.05) is 53.4 Å². The molecule has 0 aliphatic rings. The zero-order valence-corrected chi connectivity index (χ0v) is 12.4. The molecule has 1 heterocycles. The van der Waals surface area contributed by atoms with Gasteiger partial charge in [0.1, 0.15) is 5.54 Å². The van der Waals surface area contributed by atoms with Crippen LogP contribution in [0.15, 0.2) is 48.8 Å². The Morgan fingerprint density at radius 2 is 1.80 bits per heavy atom. The van der Waals surface area contributed by atoms with Crippen LogP contribution in [0.1, 0.15) is 12.5 Å². The molecule has 1 aromatic heterocycles. The fraction of sp³-hybridized carbons (Fsp3) is 0.267. The lowest BCUT2D eigenvalue weighted by Crippen LogP contribution is -2.47. The van der Waals surface area contributed by atoms with Gasteiger partial charge in [-0.2, -0.15) is 0 Å². The summed E-state index contributed by atoms with van der Waals surface area (Å²) in [5.41, 5.74) is 7.04. The highest BCUT2D eigenvalue weighted by atomic mass is 35.5. The van der Waals surface area contributed by atoms with Crippen LogP contribution in [0.2, 0.25) is 0 Å². The van der Waals surface area contributed by atoms with Gasteiger partial charge in [0.2, 0.25) is 0 Å². The van der Waals surface area contributed by atoms with Gasteiger partial charge in [-0.05, 0) is 36.8 Å². The minimum Gasteiger partial charge on any atom is -0.468 e. The first-order valence-corrected chi connectivity index (χ1v) is 6.12. The predicted molar refractivity (Wildman–Crippen MR) is 81.3 cm³/mol. The number of halogens is 1. The van der Waals surface area contributed by atoms with Gasteiger partial charge in [-0.25, -0.2) is 0 Å². The van der Waals surface area contributed by atoms with Crippen molar-refractivity contribution in [3.63, 3.8) is 0 Å².